The monoisotopic (exact) mass is 360 g/mol. The Hall–Kier alpha value is -0.870. The molecule has 0 spiro atoms. The standard InChI is InChI=1S/C12H15F3N2O3S.ClH/c13-12(14,15)9-1-3-11(4-2-9)21(18,19)17-5-6-20-10(7-16)8-17;/h1-4,10H,5-8,16H2;1H. The van der Waals surface area contributed by atoms with Gasteiger partial charge < -0.3 is 10.5 Å². The molecule has 1 aromatic carbocycles. The topological polar surface area (TPSA) is 72.6 Å². The summed E-state index contributed by atoms with van der Waals surface area (Å²) in [6.45, 7) is 0.639. The van der Waals surface area contributed by atoms with Crippen LogP contribution in [0.2, 0.25) is 0 Å². The summed E-state index contributed by atoms with van der Waals surface area (Å²) in [6.07, 6.45) is -4.89. The molecule has 22 heavy (non-hydrogen) atoms. The van der Waals surface area contributed by atoms with Gasteiger partial charge in [-0.05, 0) is 24.3 Å². The molecule has 0 bridgehead atoms. The van der Waals surface area contributed by atoms with Crippen molar-refractivity contribution >= 4 is 22.4 Å². The van der Waals surface area contributed by atoms with Crippen LogP contribution in [-0.2, 0) is 20.9 Å². The number of rotatable bonds is 3. The summed E-state index contributed by atoms with van der Waals surface area (Å²) in [6, 6.07) is 3.44. The third-order valence-corrected chi connectivity index (χ3v) is 5.06. The zero-order valence-corrected chi connectivity index (χ0v) is 13.0. The van der Waals surface area contributed by atoms with Crippen molar-refractivity contribution in [1.82, 2.24) is 4.31 Å². The van der Waals surface area contributed by atoms with E-state index in [9.17, 15) is 21.6 Å². The molecular formula is C12H16ClF3N2O3S. The second-order valence-corrected chi connectivity index (χ2v) is 6.55. The Morgan fingerprint density at radius 2 is 1.86 bits per heavy atom. The van der Waals surface area contributed by atoms with Gasteiger partial charge in [-0.15, -0.1) is 12.4 Å². The maximum Gasteiger partial charge on any atom is 0.416 e. The van der Waals surface area contributed by atoms with Gasteiger partial charge in [0.15, 0.2) is 0 Å². The van der Waals surface area contributed by atoms with Gasteiger partial charge in [-0.1, -0.05) is 0 Å². The lowest BCUT2D eigenvalue weighted by Gasteiger charge is -2.31. The van der Waals surface area contributed by atoms with Crippen LogP contribution in [0.5, 0.6) is 0 Å². The first-order valence-electron chi connectivity index (χ1n) is 6.24. The van der Waals surface area contributed by atoms with Crippen LogP contribution >= 0.6 is 12.4 Å². The lowest BCUT2D eigenvalue weighted by Crippen LogP contribution is -2.48. The lowest BCUT2D eigenvalue weighted by atomic mass is 10.2. The average Bonchev–Trinajstić information content (AvgIpc) is 2.46. The number of hydrogen-bond donors (Lipinski definition) is 1. The minimum atomic E-state index is -4.49. The van der Waals surface area contributed by atoms with Crippen molar-refractivity contribution in [2.75, 3.05) is 26.2 Å². The summed E-state index contributed by atoms with van der Waals surface area (Å²) >= 11 is 0. The van der Waals surface area contributed by atoms with Crippen molar-refractivity contribution < 1.29 is 26.3 Å². The van der Waals surface area contributed by atoms with Gasteiger partial charge in [0.05, 0.1) is 23.2 Å². The van der Waals surface area contributed by atoms with E-state index in [1.165, 1.54) is 4.31 Å². The number of nitrogens with zero attached hydrogens (tertiary/aromatic N) is 1. The molecule has 0 saturated carbocycles. The minimum Gasteiger partial charge on any atom is -0.374 e. The Morgan fingerprint density at radius 3 is 2.36 bits per heavy atom. The highest BCUT2D eigenvalue weighted by atomic mass is 35.5. The van der Waals surface area contributed by atoms with Crippen molar-refractivity contribution in [2.45, 2.75) is 17.2 Å². The summed E-state index contributed by atoms with van der Waals surface area (Å²) in [7, 11) is -3.84. The number of hydrogen-bond acceptors (Lipinski definition) is 4. The summed E-state index contributed by atoms with van der Waals surface area (Å²) in [5, 5.41) is 0. The Balaban J connectivity index is 0.00000242. The van der Waals surface area contributed by atoms with E-state index in [-0.39, 0.29) is 43.5 Å². The van der Waals surface area contributed by atoms with Crippen LogP contribution in [-0.4, -0.2) is 45.1 Å². The van der Waals surface area contributed by atoms with Crippen LogP contribution in [0.15, 0.2) is 29.2 Å². The fourth-order valence-electron chi connectivity index (χ4n) is 2.02. The molecule has 0 amide bonds. The van der Waals surface area contributed by atoms with Crippen molar-refractivity contribution in [3.8, 4) is 0 Å². The number of benzene rings is 1. The molecule has 1 aliphatic heterocycles. The van der Waals surface area contributed by atoms with Gasteiger partial charge in [0.1, 0.15) is 0 Å². The summed E-state index contributed by atoms with van der Waals surface area (Å²) in [4.78, 5) is -0.173. The third kappa shape index (κ3) is 4.11. The highest BCUT2D eigenvalue weighted by Gasteiger charge is 2.33. The Labute approximate surface area is 132 Å². The predicted molar refractivity (Wildman–Crippen MR) is 76.2 cm³/mol. The molecule has 5 nitrogen and oxygen atoms in total. The van der Waals surface area contributed by atoms with Crippen LogP contribution in [0.25, 0.3) is 0 Å². The van der Waals surface area contributed by atoms with Gasteiger partial charge in [-0.25, -0.2) is 8.42 Å². The normalized spacial score (nSPS) is 20.5. The maximum atomic E-state index is 12.5. The smallest absolute Gasteiger partial charge is 0.374 e. The van der Waals surface area contributed by atoms with Gasteiger partial charge in [0, 0.05) is 19.6 Å². The van der Waals surface area contributed by atoms with Crippen LogP contribution < -0.4 is 5.73 Å². The van der Waals surface area contributed by atoms with Gasteiger partial charge in [-0.3, -0.25) is 0 Å². The van der Waals surface area contributed by atoms with Crippen molar-refractivity contribution in [1.29, 1.82) is 0 Å². The first-order valence-corrected chi connectivity index (χ1v) is 7.68. The van der Waals surface area contributed by atoms with E-state index in [1.807, 2.05) is 0 Å². The highest BCUT2D eigenvalue weighted by Crippen LogP contribution is 2.30. The van der Waals surface area contributed by atoms with E-state index in [2.05, 4.69) is 0 Å². The molecule has 0 aromatic heterocycles. The zero-order valence-electron chi connectivity index (χ0n) is 11.4. The third-order valence-electron chi connectivity index (χ3n) is 3.18. The molecule has 1 heterocycles. The van der Waals surface area contributed by atoms with Crippen LogP contribution in [0.1, 0.15) is 5.56 Å². The minimum absolute atomic E-state index is 0. The second-order valence-electron chi connectivity index (χ2n) is 4.61. The summed E-state index contributed by atoms with van der Waals surface area (Å²) in [5.74, 6) is 0. The number of halogens is 4. The fraction of sp³-hybridized carbons (Fsp3) is 0.500. The molecule has 2 N–H and O–H groups in total. The quantitative estimate of drug-likeness (QED) is 0.886. The summed E-state index contributed by atoms with van der Waals surface area (Å²) < 4.78 is 68.6. The maximum absolute atomic E-state index is 12.5. The lowest BCUT2D eigenvalue weighted by molar-refractivity contribution is -0.137. The fourth-order valence-corrected chi connectivity index (χ4v) is 3.47. The molecule has 0 aliphatic carbocycles. The van der Waals surface area contributed by atoms with Crippen LogP contribution in [0, 0.1) is 0 Å². The Morgan fingerprint density at radius 1 is 1.27 bits per heavy atom. The number of ether oxygens (including phenoxy) is 1. The van der Waals surface area contributed by atoms with E-state index < -0.39 is 27.9 Å². The number of nitrogens with two attached hydrogens (primary N) is 1. The van der Waals surface area contributed by atoms with E-state index >= 15 is 0 Å². The van der Waals surface area contributed by atoms with Crippen molar-refractivity contribution in [3.63, 3.8) is 0 Å². The molecule has 1 atom stereocenters. The molecule has 1 saturated heterocycles. The van der Waals surface area contributed by atoms with Crippen molar-refractivity contribution in [2.24, 2.45) is 5.73 Å². The molecule has 1 aliphatic rings. The van der Waals surface area contributed by atoms with E-state index in [1.54, 1.807) is 0 Å². The Kier molecular flexibility index (Phi) is 6.22. The van der Waals surface area contributed by atoms with E-state index in [0.717, 1.165) is 24.3 Å². The number of morpholine rings is 1. The van der Waals surface area contributed by atoms with E-state index in [0.29, 0.717) is 0 Å². The molecule has 10 heteroatoms. The molecular weight excluding hydrogens is 345 g/mol. The molecule has 126 valence electrons. The number of alkyl halides is 3. The van der Waals surface area contributed by atoms with Gasteiger partial charge in [0.2, 0.25) is 10.0 Å². The molecule has 2 rings (SSSR count). The van der Waals surface area contributed by atoms with Crippen molar-refractivity contribution in [3.05, 3.63) is 29.8 Å². The molecule has 1 aromatic rings. The number of sulfonamides is 1. The van der Waals surface area contributed by atoms with E-state index in [4.69, 9.17) is 10.5 Å². The summed E-state index contributed by atoms with van der Waals surface area (Å²) in [5.41, 5.74) is 4.56. The largest absolute Gasteiger partial charge is 0.416 e. The average molecular weight is 361 g/mol. The predicted octanol–water partition coefficient (Wildman–Crippen LogP) is 1.48. The Bertz CT molecular complexity index is 593. The van der Waals surface area contributed by atoms with Gasteiger partial charge in [0.25, 0.3) is 0 Å². The first kappa shape index (κ1) is 19.2. The highest BCUT2D eigenvalue weighted by molar-refractivity contribution is 7.89. The first-order chi connectivity index (χ1) is 9.75. The van der Waals surface area contributed by atoms with Gasteiger partial charge in [-0.2, -0.15) is 17.5 Å². The zero-order chi connectivity index (χ0) is 15.7. The molecule has 0 radical (unpaired) electrons. The van der Waals surface area contributed by atoms with Crippen LogP contribution in [0.3, 0.4) is 0 Å². The van der Waals surface area contributed by atoms with Gasteiger partial charge >= 0.3 is 6.18 Å². The van der Waals surface area contributed by atoms with Crippen LogP contribution in [0.4, 0.5) is 13.2 Å². The second kappa shape index (κ2) is 7.14. The molecule has 1 unspecified atom stereocenters. The SMILES string of the molecule is Cl.NCC1CN(S(=O)(=O)c2ccc(C(F)(F)F)cc2)CCO1. The molecule has 1 fully saturated rings.